The highest BCUT2D eigenvalue weighted by Crippen LogP contribution is 2.46. The molecule has 4 nitrogen and oxygen atoms in total. The predicted molar refractivity (Wildman–Crippen MR) is 75.0 cm³/mol. The normalized spacial score (nSPS) is 28.1. The van der Waals surface area contributed by atoms with Crippen molar-refractivity contribution in [2.45, 2.75) is 6.04 Å². The van der Waals surface area contributed by atoms with Crippen LogP contribution in [-0.2, 0) is 0 Å². The maximum absolute atomic E-state index is 13.0. The van der Waals surface area contributed by atoms with E-state index in [2.05, 4.69) is 22.1 Å². The van der Waals surface area contributed by atoms with E-state index in [-0.39, 0.29) is 5.82 Å². The van der Waals surface area contributed by atoms with Crippen molar-refractivity contribution in [3.8, 4) is 0 Å². The lowest BCUT2D eigenvalue weighted by molar-refractivity contribution is 0.367. The van der Waals surface area contributed by atoms with Crippen LogP contribution in [0, 0.1) is 17.7 Å². The van der Waals surface area contributed by atoms with Gasteiger partial charge in [0.1, 0.15) is 5.82 Å². The van der Waals surface area contributed by atoms with Gasteiger partial charge >= 0.3 is 0 Å². The summed E-state index contributed by atoms with van der Waals surface area (Å²) in [6.45, 7) is 6.08. The average Bonchev–Trinajstić information content (AvgIpc) is 2.84. The molecule has 0 bridgehead atoms. The van der Waals surface area contributed by atoms with E-state index in [1.807, 2.05) is 7.05 Å². The molecule has 102 valence electrons. The Morgan fingerprint density at radius 1 is 1.42 bits per heavy atom. The fraction of sp³-hybridized carbons (Fsp3) is 0.429. The lowest BCUT2D eigenvalue weighted by atomic mass is 10.2. The number of rotatable bonds is 4. The molecule has 0 spiro atoms. The number of anilines is 2. The third-order valence-electron chi connectivity index (χ3n) is 4.20. The summed E-state index contributed by atoms with van der Waals surface area (Å²) in [6.07, 6.45) is 0. The SMILES string of the molecule is C=C(Nc1ccc(F)cc1N)N1C[C@@H]2C(NC)[C@@H]2C1. The first-order valence-corrected chi connectivity index (χ1v) is 6.53. The largest absolute Gasteiger partial charge is 0.397 e. The molecule has 1 unspecified atom stereocenters. The lowest BCUT2D eigenvalue weighted by Gasteiger charge is -2.25. The van der Waals surface area contributed by atoms with Gasteiger partial charge in [-0.25, -0.2) is 4.39 Å². The molecule has 19 heavy (non-hydrogen) atoms. The summed E-state index contributed by atoms with van der Waals surface area (Å²) in [5.41, 5.74) is 6.88. The van der Waals surface area contributed by atoms with E-state index in [4.69, 9.17) is 5.73 Å². The average molecular weight is 262 g/mol. The van der Waals surface area contributed by atoms with Gasteiger partial charge in [-0.15, -0.1) is 0 Å². The molecule has 2 fully saturated rings. The van der Waals surface area contributed by atoms with Gasteiger partial charge in [-0.3, -0.25) is 0 Å². The quantitative estimate of drug-likeness (QED) is 0.719. The molecule has 1 saturated heterocycles. The van der Waals surface area contributed by atoms with Gasteiger partial charge in [0.05, 0.1) is 17.2 Å². The molecule has 1 saturated carbocycles. The van der Waals surface area contributed by atoms with Crippen molar-refractivity contribution < 1.29 is 4.39 Å². The second kappa shape index (κ2) is 4.42. The predicted octanol–water partition coefficient (Wildman–Crippen LogP) is 1.44. The minimum Gasteiger partial charge on any atom is -0.397 e. The van der Waals surface area contributed by atoms with Crippen LogP contribution in [0.3, 0.4) is 0 Å². The zero-order valence-electron chi connectivity index (χ0n) is 11.0. The lowest BCUT2D eigenvalue weighted by Crippen LogP contribution is -2.31. The Kier molecular flexibility index (Phi) is 2.86. The first-order chi connectivity index (χ1) is 9.10. The Morgan fingerprint density at radius 2 is 2.11 bits per heavy atom. The molecule has 4 N–H and O–H groups in total. The summed E-state index contributed by atoms with van der Waals surface area (Å²) >= 11 is 0. The van der Waals surface area contributed by atoms with Crippen molar-refractivity contribution in [3.63, 3.8) is 0 Å². The number of halogens is 1. The standard InChI is InChI=1S/C14H19FN4/c1-8(18-13-4-3-9(15)5-12(13)16)19-6-10-11(7-19)14(10)17-2/h3-5,10-11,14,17-18H,1,6-7,16H2,2H3/t10-,11+,14?. The number of hydrogen-bond acceptors (Lipinski definition) is 4. The van der Waals surface area contributed by atoms with Crippen molar-refractivity contribution in [1.82, 2.24) is 10.2 Å². The summed E-state index contributed by atoms with van der Waals surface area (Å²) in [4.78, 5) is 2.23. The van der Waals surface area contributed by atoms with Crippen molar-refractivity contribution in [2.75, 3.05) is 31.2 Å². The van der Waals surface area contributed by atoms with Crippen LogP contribution in [0.2, 0.25) is 0 Å². The molecule has 3 atom stereocenters. The monoisotopic (exact) mass is 262 g/mol. The topological polar surface area (TPSA) is 53.3 Å². The van der Waals surface area contributed by atoms with Crippen molar-refractivity contribution in [2.24, 2.45) is 11.8 Å². The fourth-order valence-corrected chi connectivity index (χ4v) is 3.06. The van der Waals surface area contributed by atoms with Gasteiger partial charge < -0.3 is 21.3 Å². The number of benzene rings is 1. The van der Waals surface area contributed by atoms with Crippen LogP contribution in [0.4, 0.5) is 15.8 Å². The Bertz CT molecular complexity index is 504. The Balaban J connectivity index is 1.61. The van der Waals surface area contributed by atoms with E-state index in [0.29, 0.717) is 17.4 Å². The first-order valence-electron chi connectivity index (χ1n) is 6.53. The molecular formula is C14H19FN4. The van der Waals surface area contributed by atoms with Crippen LogP contribution in [0.5, 0.6) is 0 Å². The highest BCUT2D eigenvalue weighted by atomic mass is 19.1. The summed E-state index contributed by atoms with van der Waals surface area (Å²) in [6, 6.07) is 5.02. The molecule has 1 aliphatic heterocycles. The van der Waals surface area contributed by atoms with Gasteiger partial charge in [-0.05, 0) is 37.1 Å². The van der Waals surface area contributed by atoms with Gasteiger partial charge in [0, 0.05) is 19.1 Å². The third-order valence-corrected chi connectivity index (χ3v) is 4.20. The number of likely N-dealkylation sites (tertiary alicyclic amines) is 1. The third kappa shape index (κ3) is 2.14. The maximum Gasteiger partial charge on any atom is 0.125 e. The molecule has 0 aromatic heterocycles. The number of nitrogens with one attached hydrogen (secondary N) is 2. The second-order valence-corrected chi connectivity index (χ2v) is 5.35. The molecular weight excluding hydrogens is 243 g/mol. The van der Waals surface area contributed by atoms with Crippen LogP contribution in [0.1, 0.15) is 0 Å². The number of nitrogen functional groups attached to an aromatic ring is 1. The van der Waals surface area contributed by atoms with Gasteiger partial charge in [0.25, 0.3) is 0 Å². The second-order valence-electron chi connectivity index (χ2n) is 5.35. The summed E-state index contributed by atoms with van der Waals surface area (Å²) in [5.74, 6) is 1.97. The molecule has 1 aromatic rings. The van der Waals surface area contributed by atoms with Crippen LogP contribution in [-0.4, -0.2) is 31.1 Å². The number of fused-ring (bicyclic) bond motifs is 1. The molecule has 1 heterocycles. The summed E-state index contributed by atoms with van der Waals surface area (Å²) < 4.78 is 13.0. The van der Waals surface area contributed by atoms with Crippen LogP contribution in [0.25, 0.3) is 0 Å². The van der Waals surface area contributed by atoms with Crippen LogP contribution >= 0.6 is 0 Å². The Hall–Kier alpha value is -1.75. The molecule has 5 heteroatoms. The highest BCUT2D eigenvalue weighted by molar-refractivity contribution is 5.67. The highest BCUT2D eigenvalue weighted by Gasteiger charge is 2.55. The molecule has 2 aliphatic rings. The van der Waals surface area contributed by atoms with Gasteiger partial charge in [-0.2, -0.15) is 0 Å². The molecule has 1 aliphatic carbocycles. The van der Waals surface area contributed by atoms with Gasteiger partial charge in [0.15, 0.2) is 0 Å². The molecule has 1 aromatic carbocycles. The Morgan fingerprint density at radius 3 is 2.68 bits per heavy atom. The van der Waals surface area contributed by atoms with Crippen molar-refractivity contribution in [3.05, 3.63) is 36.4 Å². The van der Waals surface area contributed by atoms with E-state index < -0.39 is 0 Å². The number of nitrogens with zero attached hydrogens (tertiary/aromatic N) is 1. The zero-order valence-corrected chi connectivity index (χ0v) is 11.0. The molecule has 3 rings (SSSR count). The fourth-order valence-electron chi connectivity index (χ4n) is 3.06. The van der Waals surface area contributed by atoms with Gasteiger partial charge in [0.2, 0.25) is 0 Å². The van der Waals surface area contributed by atoms with E-state index in [9.17, 15) is 4.39 Å². The summed E-state index contributed by atoms with van der Waals surface area (Å²) in [7, 11) is 2.01. The zero-order chi connectivity index (χ0) is 13.6. The van der Waals surface area contributed by atoms with E-state index in [1.54, 1.807) is 6.07 Å². The van der Waals surface area contributed by atoms with Crippen LogP contribution in [0.15, 0.2) is 30.6 Å². The number of nitrogens with two attached hydrogens (primary N) is 1. The minimum absolute atomic E-state index is 0.326. The van der Waals surface area contributed by atoms with E-state index in [1.165, 1.54) is 12.1 Å². The molecule has 0 radical (unpaired) electrons. The van der Waals surface area contributed by atoms with Crippen molar-refractivity contribution >= 4 is 11.4 Å². The number of piperidine rings is 1. The number of hydrogen-bond donors (Lipinski definition) is 3. The van der Waals surface area contributed by atoms with Crippen LogP contribution < -0.4 is 16.4 Å². The summed E-state index contributed by atoms with van der Waals surface area (Å²) in [5, 5.41) is 6.50. The first kappa shape index (κ1) is 12.3. The molecule has 0 amide bonds. The van der Waals surface area contributed by atoms with E-state index in [0.717, 1.165) is 30.7 Å². The minimum atomic E-state index is -0.326. The van der Waals surface area contributed by atoms with Crippen molar-refractivity contribution in [1.29, 1.82) is 0 Å². The maximum atomic E-state index is 13.0. The Labute approximate surface area is 112 Å². The smallest absolute Gasteiger partial charge is 0.125 e. The van der Waals surface area contributed by atoms with E-state index >= 15 is 0 Å². The van der Waals surface area contributed by atoms with Gasteiger partial charge in [-0.1, -0.05) is 6.58 Å².